The predicted molar refractivity (Wildman–Crippen MR) is 81.2 cm³/mol. The molecule has 1 aromatic carbocycles. The first-order chi connectivity index (χ1) is 10.6. The van der Waals surface area contributed by atoms with E-state index in [4.69, 9.17) is 0 Å². The van der Waals surface area contributed by atoms with Crippen LogP contribution in [0.25, 0.3) is 11.0 Å². The Balaban J connectivity index is 1.64. The van der Waals surface area contributed by atoms with Crippen molar-refractivity contribution < 1.29 is 4.79 Å². The molecule has 0 bridgehead atoms. The molecule has 112 valence electrons. The summed E-state index contributed by atoms with van der Waals surface area (Å²) >= 11 is 0. The van der Waals surface area contributed by atoms with Gasteiger partial charge < -0.3 is 0 Å². The number of para-hydroxylation sites is 1. The Morgan fingerprint density at radius 3 is 3.00 bits per heavy atom. The van der Waals surface area contributed by atoms with Crippen LogP contribution in [-0.4, -0.2) is 36.9 Å². The van der Waals surface area contributed by atoms with E-state index in [1.807, 2.05) is 44.4 Å². The molecule has 2 aromatic heterocycles. The summed E-state index contributed by atoms with van der Waals surface area (Å²) < 4.78 is 3.23. The number of benzene rings is 1. The van der Waals surface area contributed by atoms with Gasteiger partial charge in [0.1, 0.15) is 12.1 Å². The number of nitrogens with one attached hydrogen (secondary N) is 1. The average Bonchev–Trinajstić information content (AvgIpc) is 3.03. The molecule has 0 atom stereocenters. The number of aromatic nitrogens is 5. The Kier molecular flexibility index (Phi) is 3.65. The van der Waals surface area contributed by atoms with Crippen molar-refractivity contribution in [3.8, 4) is 0 Å². The Morgan fingerprint density at radius 1 is 1.41 bits per heavy atom. The summed E-state index contributed by atoms with van der Waals surface area (Å²) in [5.41, 5.74) is 5.75. The number of nitrogens with zero attached hydrogens (tertiary/aromatic N) is 6. The number of hydrogen-bond donors (Lipinski definition) is 1. The number of rotatable bonds is 4. The maximum Gasteiger partial charge on any atom is 0.261 e. The molecular weight excluding hydrogens is 282 g/mol. The fourth-order valence-corrected chi connectivity index (χ4v) is 2.12. The second-order valence-corrected chi connectivity index (χ2v) is 4.87. The SMILES string of the molecule is Cc1nn(C)cc1C=NNC(=O)Cn1nnc2ccccc21. The van der Waals surface area contributed by atoms with Crippen molar-refractivity contribution in [3.63, 3.8) is 0 Å². The molecular formula is C14H15N7O. The maximum atomic E-state index is 11.9. The van der Waals surface area contributed by atoms with Gasteiger partial charge in [0.25, 0.3) is 5.91 Å². The van der Waals surface area contributed by atoms with Crippen molar-refractivity contribution >= 4 is 23.2 Å². The molecule has 22 heavy (non-hydrogen) atoms. The number of carbonyl (C=O) groups excluding carboxylic acids is 1. The van der Waals surface area contributed by atoms with Crippen LogP contribution in [0.3, 0.4) is 0 Å². The van der Waals surface area contributed by atoms with Crippen molar-refractivity contribution in [3.05, 3.63) is 41.7 Å². The Bertz CT molecular complexity index is 846. The standard InChI is InChI=1S/C14H15N7O/c1-10-11(8-20(2)18-10)7-15-17-14(22)9-21-13-6-4-3-5-12(13)16-19-21/h3-8H,9H2,1-2H3,(H,17,22). The minimum Gasteiger partial charge on any atom is -0.275 e. The van der Waals surface area contributed by atoms with Gasteiger partial charge in [-0.05, 0) is 19.1 Å². The lowest BCUT2D eigenvalue weighted by Crippen LogP contribution is -2.23. The summed E-state index contributed by atoms with van der Waals surface area (Å²) in [5, 5.41) is 16.1. The molecule has 0 fully saturated rings. The fraction of sp³-hybridized carbons (Fsp3) is 0.214. The summed E-state index contributed by atoms with van der Waals surface area (Å²) in [6.07, 6.45) is 3.40. The number of hydrogen-bond acceptors (Lipinski definition) is 5. The van der Waals surface area contributed by atoms with E-state index in [0.29, 0.717) is 0 Å². The first kappa shape index (κ1) is 13.9. The molecule has 0 unspecified atom stereocenters. The highest BCUT2D eigenvalue weighted by Gasteiger charge is 2.07. The molecule has 0 aliphatic heterocycles. The molecule has 0 spiro atoms. The van der Waals surface area contributed by atoms with Crippen molar-refractivity contribution in [1.82, 2.24) is 30.2 Å². The summed E-state index contributed by atoms with van der Waals surface area (Å²) in [6, 6.07) is 7.47. The lowest BCUT2D eigenvalue weighted by Gasteiger charge is -2.00. The average molecular weight is 297 g/mol. The van der Waals surface area contributed by atoms with Gasteiger partial charge in [0, 0.05) is 18.8 Å². The summed E-state index contributed by atoms with van der Waals surface area (Å²) in [5.74, 6) is -0.270. The van der Waals surface area contributed by atoms with Gasteiger partial charge in [-0.2, -0.15) is 10.2 Å². The summed E-state index contributed by atoms with van der Waals surface area (Å²) in [7, 11) is 1.83. The monoisotopic (exact) mass is 297 g/mol. The highest BCUT2D eigenvalue weighted by Crippen LogP contribution is 2.09. The van der Waals surface area contributed by atoms with Gasteiger partial charge in [-0.1, -0.05) is 17.3 Å². The van der Waals surface area contributed by atoms with E-state index in [9.17, 15) is 4.79 Å². The zero-order valence-corrected chi connectivity index (χ0v) is 12.3. The largest absolute Gasteiger partial charge is 0.275 e. The van der Waals surface area contributed by atoms with Crippen molar-refractivity contribution in [2.45, 2.75) is 13.5 Å². The molecule has 2 heterocycles. The molecule has 0 aliphatic rings. The lowest BCUT2D eigenvalue weighted by atomic mass is 10.3. The second kappa shape index (κ2) is 5.76. The van der Waals surface area contributed by atoms with Crippen LogP contribution in [0.2, 0.25) is 0 Å². The number of amides is 1. The summed E-state index contributed by atoms with van der Waals surface area (Å²) in [6.45, 7) is 1.94. The minimum atomic E-state index is -0.270. The molecule has 3 rings (SSSR count). The third kappa shape index (κ3) is 2.85. The molecule has 8 nitrogen and oxygen atoms in total. The van der Waals surface area contributed by atoms with Crippen LogP contribution in [0.1, 0.15) is 11.3 Å². The molecule has 0 radical (unpaired) electrons. The van der Waals surface area contributed by atoms with Crippen molar-refractivity contribution in [2.75, 3.05) is 0 Å². The van der Waals surface area contributed by atoms with Crippen LogP contribution < -0.4 is 5.43 Å². The Morgan fingerprint density at radius 2 is 2.23 bits per heavy atom. The molecule has 3 aromatic rings. The number of hydrazone groups is 1. The zero-order valence-electron chi connectivity index (χ0n) is 12.3. The lowest BCUT2D eigenvalue weighted by molar-refractivity contribution is -0.121. The zero-order chi connectivity index (χ0) is 15.5. The molecule has 0 aliphatic carbocycles. The first-order valence-electron chi connectivity index (χ1n) is 6.74. The highest BCUT2D eigenvalue weighted by molar-refractivity contribution is 5.83. The molecule has 0 saturated heterocycles. The smallest absolute Gasteiger partial charge is 0.261 e. The van der Waals surface area contributed by atoms with Crippen LogP contribution >= 0.6 is 0 Å². The van der Waals surface area contributed by atoms with Crippen molar-refractivity contribution in [2.24, 2.45) is 12.1 Å². The number of aryl methyl sites for hydroxylation is 2. The highest BCUT2D eigenvalue weighted by atomic mass is 16.2. The Hall–Kier alpha value is -3.03. The summed E-state index contributed by atoms with van der Waals surface area (Å²) in [4.78, 5) is 11.9. The minimum absolute atomic E-state index is 0.0594. The fourth-order valence-electron chi connectivity index (χ4n) is 2.12. The van der Waals surface area contributed by atoms with Crippen LogP contribution in [-0.2, 0) is 18.4 Å². The van der Waals surface area contributed by atoms with E-state index in [1.165, 1.54) is 4.68 Å². The Labute approximate surface area is 126 Å². The second-order valence-electron chi connectivity index (χ2n) is 4.87. The van der Waals surface area contributed by atoms with Gasteiger partial charge in [0.05, 0.1) is 17.4 Å². The molecule has 1 amide bonds. The number of fused-ring (bicyclic) bond motifs is 1. The van der Waals surface area contributed by atoms with E-state index in [1.54, 1.807) is 10.9 Å². The first-order valence-corrected chi connectivity index (χ1v) is 6.74. The van der Waals surface area contributed by atoms with E-state index in [0.717, 1.165) is 22.3 Å². The van der Waals surface area contributed by atoms with Crippen LogP contribution in [0.4, 0.5) is 0 Å². The molecule has 1 N–H and O–H groups in total. The van der Waals surface area contributed by atoms with E-state index in [-0.39, 0.29) is 12.5 Å². The van der Waals surface area contributed by atoms with Gasteiger partial charge in [-0.25, -0.2) is 10.1 Å². The van der Waals surface area contributed by atoms with Gasteiger partial charge in [0.15, 0.2) is 0 Å². The normalized spacial score (nSPS) is 11.4. The third-order valence-corrected chi connectivity index (χ3v) is 3.16. The van der Waals surface area contributed by atoms with Crippen LogP contribution in [0.15, 0.2) is 35.6 Å². The molecule has 0 saturated carbocycles. The van der Waals surface area contributed by atoms with E-state index < -0.39 is 0 Å². The quantitative estimate of drug-likeness (QED) is 0.565. The van der Waals surface area contributed by atoms with E-state index in [2.05, 4.69) is 25.9 Å². The van der Waals surface area contributed by atoms with Crippen LogP contribution in [0, 0.1) is 6.92 Å². The maximum absolute atomic E-state index is 11.9. The van der Waals surface area contributed by atoms with Gasteiger partial charge in [-0.3, -0.25) is 9.48 Å². The van der Waals surface area contributed by atoms with Gasteiger partial charge >= 0.3 is 0 Å². The van der Waals surface area contributed by atoms with Gasteiger partial charge in [0.2, 0.25) is 0 Å². The van der Waals surface area contributed by atoms with Crippen LogP contribution in [0.5, 0.6) is 0 Å². The van der Waals surface area contributed by atoms with Gasteiger partial charge in [-0.15, -0.1) is 5.10 Å². The van der Waals surface area contributed by atoms with Crippen molar-refractivity contribution in [1.29, 1.82) is 0 Å². The number of carbonyl (C=O) groups is 1. The predicted octanol–water partition coefficient (Wildman–Crippen LogP) is 0.624. The third-order valence-electron chi connectivity index (χ3n) is 3.16. The van der Waals surface area contributed by atoms with E-state index >= 15 is 0 Å². The topological polar surface area (TPSA) is 90.0 Å². The molecule has 8 heteroatoms.